The molecule has 1 aromatic heterocycles. The quantitative estimate of drug-likeness (QED) is 0.381. The van der Waals surface area contributed by atoms with E-state index < -0.39 is 0 Å². The van der Waals surface area contributed by atoms with Crippen molar-refractivity contribution in [2.45, 2.75) is 13.8 Å². The van der Waals surface area contributed by atoms with Crippen LogP contribution in [-0.2, 0) is 4.79 Å². The Morgan fingerprint density at radius 2 is 1.77 bits per heavy atom. The number of amides is 1. The minimum absolute atomic E-state index is 0.00222. The lowest BCUT2D eigenvalue weighted by atomic mass is 10.1. The summed E-state index contributed by atoms with van der Waals surface area (Å²) in [5.74, 6) is -0.404. The van der Waals surface area contributed by atoms with E-state index in [0.717, 1.165) is 0 Å². The molecule has 0 aliphatic carbocycles. The van der Waals surface area contributed by atoms with E-state index in [1.807, 2.05) is 0 Å². The summed E-state index contributed by atoms with van der Waals surface area (Å²) in [7, 11) is 0. The Morgan fingerprint density at radius 1 is 1.18 bits per heavy atom. The van der Waals surface area contributed by atoms with Gasteiger partial charge in [-0.3, -0.25) is 15.0 Å². The molecule has 0 saturated carbocycles. The monoisotopic (exact) mass is 305 g/mol. The Labute approximate surface area is 128 Å². The van der Waals surface area contributed by atoms with Gasteiger partial charge in [0.25, 0.3) is 5.91 Å². The fourth-order valence-electron chi connectivity index (χ4n) is 2.44. The highest BCUT2D eigenvalue weighted by Gasteiger charge is 2.27. The first kappa shape index (κ1) is 15.8. The van der Waals surface area contributed by atoms with Gasteiger partial charge in [-0.15, -0.1) is 0 Å². The topological polar surface area (TPSA) is 97.8 Å². The average Bonchev–Trinajstić information content (AvgIpc) is 3.00. The van der Waals surface area contributed by atoms with E-state index in [0.29, 0.717) is 31.9 Å². The largest absolute Gasteiger partial charge is 0.512 e. The summed E-state index contributed by atoms with van der Waals surface area (Å²) in [4.78, 5) is 27.0. The summed E-state index contributed by atoms with van der Waals surface area (Å²) in [6, 6.07) is 3.27. The second-order valence-electron chi connectivity index (χ2n) is 5.12. The zero-order chi connectivity index (χ0) is 16.3. The average molecular weight is 305 g/mol. The molecule has 1 amide bonds. The Balaban J connectivity index is 2.00. The maximum Gasteiger partial charge on any atom is 0.289 e. The van der Waals surface area contributed by atoms with E-state index in [4.69, 9.17) is 9.83 Å². The molecule has 2 rings (SSSR count). The van der Waals surface area contributed by atoms with E-state index in [1.165, 1.54) is 20.1 Å². The molecule has 1 aliphatic rings. The summed E-state index contributed by atoms with van der Waals surface area (Å²) in [5.41, 5.74) is 0.0193. The third-order valence-electron chi connectivity index (χ3n) is 3.57. The van der Waals surface area contributed by atoms with Crippen LogP contribution in [0.1, 0.15) is 24.4 Å². The standard InChI is InChI=1S/C15H19N3O4/c1-10(19)13(11(2)20)14(16)17-5-7-18(8-6-17)15(21)12-4-3-9-22-12/h3-4,9,16,19H,5-8H2,1-2H3/b13-10-,16-14?. The second-order valence-corrected chi connectivity index (χ2v) is 5.12. The molecular weight excluding hydrogens is 286 g/mol. The van der Waals surface area contributed by atoms with Crippen LogP contribution in [0.4, 0.5) is 0 Å². The van der Waals surface area contributed by atoms with Gasteiger partial charge in [0.2, 0.25) is 0 Å². The normalized spacial score (nSPS) is 16.3. The Morgan fingerprint density at radius 3 is 2.23 bits per heavy atom. The van der Waals surface area contributed by atoms with Crippen molar-refractivity contribution < 1.29 is 19.1 Å². The first-order valence-corrected chi connectivity index (χ1v) is 6.99. The Bertz CT molecular complexity index is 607. The lowest BCUT2D eigenvalue weighted by Crippen LogP contribution is -2.51. The second kappa shape index (κ2) is 6.46. The number of rotatable bonds is 3. The number of carbonyl (C=O) groups excluding carboxylic acids is 2. The lowest BCUT2D eigenvalue weighted by molar-refractivity contribution is -0.113. The van der Waals surface area contributed by atoms with Crippen LogP contribution in [0.15, 0.2) is 34.1 Å². The van der Waals surface area contributed by atoms with Gasteiger partial charge >= 0.3 is 0 Å². The minimum Gasteiger partial charge on any atom is -0.512 e. The molecule has 0 spiro atoms. The van der Waals surface area contributed by atoms with Crippen molar-refractivity contribution in [2.75, 3.05) is 26.2 Å². The zero-order valence-corrected chi connectivity index (χ0v) is 12.6. The van der Waals surface area contributed by atoms with Crippen molar-refractivity contribution in [2.24, 2.45) is 0 Å². The number of hydrogen-bond donors (Lipinski definition) is 2. The van der Waals surface area contributed by atoms with Crippen molar-refractivity contribution >= 4 is 17.5 Å². The van der Waals surface area contributed by atoms with Crippen molar-refractivity contribution in [3.63, 3.8) is 0 Å². The van der Waals surface area contributed by atoms with Crippen molar-refractivity contribution in [1.82, 2.24) is 9.80 Å². The number of nitrogens with one attached hydrogen (secondary N) is 1. The SMILES string of the molecule is CC(=O)/C(C(=N)N1CCN(C(=O)c2ccco2)CC1)=C(\C)O. The Hall–Kier alpha value is -2.57. The predicted molar refractivity (Wildman–Crippen MR) is 79.9 cm³/mol. The third kappa shape index (κ3) is 3.19. The number of Topliss-reactive ketones (excluding diaryl/α,β-unsaturated/α-hetero) is 1. The number of ketones is 1. The minimum atomic E-state index is -0.348. The number of carbonyl (C=O) groups is 2. The molecule has 7 heteroatoms. The van der Waals surface area contributed by atoms with Gasteiger partial charge in [-0.1, -0.05) is 0 Å². The number of amidine groups is 1. The van der Waals surface area contributed by atoms with E-state index in [1.54, 1.807) is 21.9 Å². The molecule has 1 saturated heterocycles. The molecule has 0 atom stereocenters. The number of hydrogen-bond acceptors (Lipinski definition) is 5. The third-order valence-corrected chi connectivity index (χ3v) is 3.57. The fraction of sp³-hybridized carbons (Fsp3) is 0.400. The number of aliphatic hydroxyl groups excluding tert-OH is 1. The molecule has 1 aromatic rings. The molecule has 22 heavy (non-hydrogen) atoms. The molecule has 0 aromatic carbocycles. The van der Waals surface area contributed by atoms with Crippen LogP contribution in [0.5, 0.6) is 0 Å². The molecule has 118 valence electrons. The molecule has 0 unspecified atom stereocenters. The van der Waals surface area contributed by atoms with Gasteiger partial charge in [0.1, 0.15) is 11.6 Å². The van der Waals surface area contributed by atoms with Gasteiger partial charge < -0.3 is 19.3 Å². The van der Waals surface area contributed by atoms with Crippen LogP contribution in [0.25, 0.3) is 0 Å². The molecule has 2 N–H and O–H groups in total. The molecule has 1 fully saturated rings. The van der Waals surface area contributed by atoms with E-state index in [2.05, 4.69) is 0 Å². The number of nitrogens with zero attached hydrogens (tertiary/aromatic N) is 2. The van der Waals surface area contributed by atoms with Crippen molar-refractivity contribution in [3.05, 3.63) is 35.5 Å². The van der Waals surface area contributed by atoms with Gasteiger partial charge in [0.05, 0.1) is 11.8 Å². The fourth-order valence-corrected chi connectivity index (χ4v) is 2.44. The molecule has 2 heterocycles. The van der Waals surface area contributed by atoms with E-state index >= 15 is 0 Å². The van der Waals surface area contributed by atoms with E-state index in [9.17, 15) is 14.7 Å². The van der Waals surface area contributed by atoms with Crippen molar-refractivity contribution in [3.8, 4) is 0 Å². The van der Waals surface area contributed by atoms with Crippen molar-refractivity contribution in [1.29, 1.82) is 5.41 Å². The highest BCUT2D eigenvalue weighted by molar-refractivity contribution is 6.19. The maximum absolute atomic E-state index is 12.1. The van der Waals surface area contributed by atoms with Gasteiger partial charge in [-0.05, 0) is 26.0 Å². The molecule has 7 nitrogen and oxygen atoms in total. The first-order chi connectivity index (χ1) is 10.4. The number of allylic oxidation sites excluding steroid dienone is 1. The van der Waals surface area contributed by atoms with Gasteiger partial charge in [0.15, 0.2) is 11.5 Å². The van der Waals surface area contributed by atoms with Crippen LogP contribution in [-0.4, -0.2) is 58.6 Å². The van der Waals surface area contributed by atoms with E-state index in [-0.39, 0.29) is 28.9 Å². The molecule has 1 aliphatic heterocycles. The highest BCUT2D eigenvalue weighted by Crippen LogP contribution is 2.13. The Kier molecular flexibility index (Phi) is 4.65. The molecule has 0 radical (unpaired) electrons. The number of furan rings is 1. The predicted octanol–water partition coefficient (Wildman–Crippen LogP) is 1.44. The van der Waals surface area contributed by atoms with Crippen LogP contribution >= 0.6 is 0 Å². The van der Waals surface area contributed by atoms with Gasteiger partial charge in [0, 0.05) is 26.2 Å². The highest BCUT2D eigenvalue weighted by atomic mass is 16.3. The van der Waals surface area contributed by atoms with Gasteiger partial charge in [-0.2, -0.15) is 0 Å². The van der Waals surface area contributed by atoms with Crippen LogP contribution in [0, 0.1) is 5.41 Å². The summed E-state index contributed by atoms with van der Waals surface area (Å²) in [6.07, 6.45) is 1.45. The lowest BCUT2D eigenvalue weighted by Gasteiger charge is -2.36. The smallest absolute Gasteiger partial charge is 0.289 e. The van der Waals surface area contributed by atoms with Gasteiger partial charge in [-0.25, -0.2) is 0 Å². The van der Waals surface area contributed by atoms with Crippen LogP contribution < -0.4 is 0 Å². The maximum atomic E-state index is 12.1. The van der Waals surface area contributed by atoms with Crippen LogP contribution in [0.2, 0.25) is 0 Å². The number of piperazine rings is 1. The van der Waals surface area contributed by atoms with Crippen LogP contribution in [0.3, 0.4) is 0 Å². The zero-order valence-electron chi connectivity index (χ0n) is 12.6. The summed E-state index contributed by atoms with van der Waals surface area (Å²) in [6.45, 7) is 4.42. The summed E-state index contributed by atoms with van der Waals surface area (Å²) >= 11 is 0. The summed E-state index contributed by atoms with van der Waals surface area (Å²) < 4.78 is 5.09. The number of aliphatic hydroxyl groups is 1. The molecular formula is C15H19N3O4. The summed E-state index contributed by atoms with van der Waals surface area (Å²) in [5, 5.41) is 17.6. The molecule has 0 bridgehead atoms. The first-order valence-electron chi connectivity index (χ1n) is 6.99.